The van der Waals surface area contributed by atoms with E-state index < -0.39 is 5.97 Å². The zero-order valence-corrected chi connectivity index (χ0v) is 17.8. The molecule has 0 amide bonds. The Kier molecular flexibility index (Phi) is 7.03. The quantitative estimate of drug-likeness (QED) is 0.452. The highest BCUT2D eigenvalue weighted by molar-refractivity contribution is 5.92. The average molecular weight is 422 g/mol. The smallest absolute Gasteiger partial charge is 0.339 e. The van der Waals surface area contributed by atoms with Crippen LogP contribution in [0.4, 0.5) is 0 Å². The maximum absolute atomic E-state index is 11.4. The summed E-state index contributed by atoms with van der Waals surface area (Å²) >= 11 is 0. The van der Waals surface area contributed by atoms with Gasteiger partial charge in [0.15, 0.2) is 0 Å². The summed E-state index contributed by atoms with van der Waals surface area (Å²) in [7, 11) is 1.61. The zero-order chi connectivity index (χ0) is 22.4. The SMILES string of the molecule is COc1ccc(OCCOc2ccc(C(C)C)c(-c3ccc(O)c(C(=O)O)c3)c2)cc1. The summed E-state index contributed by atoms with van der Waals surface area (Å²) in [5.74, 6) is 0.943. The molecule has 0 aromatic heterocycles. The minimum Gasteiger partial charge on any atom is -0.507 e. The number of methoxy groups -OCH3 is 1. The largest absolute Gasteiger partial charge is 0.507 e. The van der Waals surface area contributed by atoms with Crippen LogP contribution in [0.25, 0.3) is 11.1 Å². The van der Waals surface area contributed by atoms with Gasteiger partial charge in [0.25, 0.3) is 0 Å². The first-order valence-electron chi connectivity index (χ1n) is 9.99. The first-order chi connectivity index (χ1) is 14.9. The van der Waals surface area contributed by atoms with E-state index in [1.54, 1.807) is 13.2 Å². The number of hydrogen-bond donors (Lipinski definition) is 2. The summed E-state index contributed by atoms with van der Waals surface area (Å²) in [6, 6.07) is 17.7. The first kappa shape index (κ1) is 22.0. The van der Waals surface area contributed by atoms with Crippen LogP contribution in [0.3, 0.4) is 0 Å². The molecular weight excluding hydrogens is 396 g/mol. The van der Waals surface area contributed by atoms with Gasteiger partial charge in [-0.2, -0.15) is 0 Å². The van der Waals surface area contributed by atoms with Gasteiger partial charge in [-0.3, -0.25) is 0 Å². The highest BCUT2D eigenvalue weighted by atomic mass is 16.5. The number of carbonyl (C=O) groups is 1. The third-order valence-electron chi connectivity index (χ3n) is 4.86. The van der Waals surface area contributed by atoms with Gasteiger partial charge in [-0.1, -0.05) is 26.0 Å². The Morgan fingerprint density at radius 2 is 1.48 bits per heavy atom. The molecule has 0 aliphatic carbocycles. The Morgan fingerprint density at radius 1 is 0.871 bits per heavy atom. The summed E-state index contributed by atoms with van der Waals surface area (Å²) in [6.07, 6.45) is 0. The van der Waals surface area contributed by atoms with Crippen molar-refractivity contribution in [2.24, 2.45) is 0 Å². The number of carboxylic acid groups (broad SMARTS) is 1. The van der Waals surface area contributed by atoms with Crippen LogP contribution < -0.4 is 14.2 Å². The molecule has 0 aliphatic heterocycles. The van der Waals surface area contributed by atoms with E-state index in [-0.39, 0.29) is 17.2 Å². The van der Waals surface area contributed by atoms with Crippen LogP contribution >= 0.6 is 0 Å². The van der Waals surface area contributed by atoms with Crippen LogP contribution in [0, 0.1) is 0 Å². The summed E-state index contributed by atoms with van der Waals surface area (Å²) < 4.78 is 16.7. The minimum absolute atomic E-state index is 0.133. The highest BCUT2D eigenvalue weighted by Gasteiger charge is 2.15. The van der Waals surface area contributed by atoms with Crippen molar-refractivity contribution in [1.82, 2.24) is 0 Å². The molecular formula is C25H26O6. The lowest BCUT2D eigenvalue weighted by atomic mass is 9.91. The summed E-state index contributed by atoms with van der Waals surface area (Å²) in [5, 5.41) is 19.2. The lowest BCUT2D eigenvalue weighted by Gasteiger charge is -2.16. The lowest BCUT2D eigenvalue weighted by molar-refractivity contribution is 0.0694. The van der Waals surface area contributed by atoms with E-state index in [1.165, 1.54) is 12.1 Å². The van der Waals surface area contributed by atoms with Gasteiger partial charge >= 0.3 is 5.97 Å². The number of benzene rings is 3. The van der Waals surface area contributed by atoms with Crippen molar-refractivity contribution in [3.05, 3.63) is 71.8 Å². The molecule has 31 heavy (non-hydrogen) atoms. The summed E-state index contributed by atoms with van der Waals surface area (Å²) in [6.45, 7) is 4.86. The standard InChI is InChI=1S/C25H26O6/c1-16(2)21-10-9-20(31-13-12-30-19-7-5-18(29-3)6-8-19)15-22(21)17-4-11-24(26)23(14-17)25(27)28/h4-11,14-16,26H,12-13H2,1-3H3,(H,27,28). The number of aromatic hydroxyl groups is 1. The summed E-state index contributed by atoms with van der Waals surface area (Å²) in [4.78, 5) is 11.4. The van der Waals surface area contributed by atoms with Crippen molar-refractivity contribution >= 4 is 5.97 Å². The van der Waals surface area contributed by atoms with Crippen LogP contribution in [0.2, 0.25) is 0 Å². The Hall–Kier alpha value is -3.67. The molecule has 0 aliphatic rings. The maximum Gasteiger partial charge on any atom is 0.339 e. The van der Waals surface area contributed by atoms with Gasteiger partial charge in [-0.15, -0.1) is 0 Å². The van der Waals surface area contributed by atoms with Crippen molar-refractivity contribution < 1.29 is 29.2 Å². The molecule has 0 saturated heterocycles. The molecule has 0 radical (unpaired) electrons. The predicted molar refractivity (Wildman–Crippen MR) is 119 cm³/mol. The van der Waals surface area contributed by atoms with Crippen LogP contribution in [0.15, 0.2) is 60.7 Å². The number of aromatic carboxylic acids is 1. The van der Waals surface area contributed by atoms with E-state index in [0.29, 0.717) is 24.5 Å². The van der Waals surface area contributed by atoms with Crippen molar-refractivity contribution in [3.63, 3.8) is 0 Å². The molecule has 2 N–H and O–H groups in total. The molecule has 0 spiro atoms. The van der Waals surface area contributed by atoms with Crippen LogP contribution in [-0.4, -0.2) is 36.5 Å². The van der Waals surface area contributed by atoms with Crippen molar-refractivity contribution in [1.29, 1.82) is 0 Å². The fourth-order valence-corrected chi connectivity index (χ4v) is 3.24. The van der Waals surface area contributed by atoms with E-state index in [0.717, 1.165) is 22.6 Å². The van der Waals surface area contributed by atoms with Gasteiger partial charge < -0.3 is 24.4 Å². The fourth-order valence-electron chi connectivity index (χ4n) is 3.24. The third kappa shape index (κ3) is 5.48. The van der Waals surface area contributed by atoms with Gasteiger partial charge in [0.1, 0.15) is 41.8 Å². The Labute approximate surface area is 181 Å². The molecule has 0 saturated carbocycles. The number of rotatable bonds is 9. The van der Waals surface area contributed by atoms with E-state index in [2.05, 4.69) is 13.8 Å². The van der Waals surface area contributed by atoms with Crippen LogP contribution in [-0.2, 0) is 0 Å². The molecule has 0 bridgehead atoms. The minimum atomic E-state index is -1.17. The first-order valence-corrected chi connectivity index (χ1v) is 9.99. The van der Waals surface area contributed by atoms with Crippen LogP contribution in [0.5, 0.6) is 23.0 Å². The number of phenols is 1. The van der Waals surface area contributed by atoms with Gasteiger partial charge in [0.05, 0.1) is 7.11 Å². The third-order valence-corrected chi connectivity index (χ3v) is 4.86. The molecule has 0 heterocycles. The van der Waals surface area contributed by atoms with E-state index in [1.807, 2.05) is 42.5 Å². The van der Waals surface area contributed by atoms with E-state index in [4.69, 9.17) is 14.2 Å². The predicted octanol–water partition coefficient (Wildman–Crippen LogP) is 5.35. The van der Waals surface area contributed by atoms with Crippen molar-refractivity contribution in [2.45, 2.75) is 19.8 Å². The lowest BCUT2D eigenvalue weighted by Crippen LogP contribution is -2.09. The molecule has 3 rings (SSSR count). The molecule has 6 nitrogen and oxygen atoms in total. The number of hydrogen-bond acceptors (Lipinski definition) is 5. The van der Waals surface area contributed by atoms with Gasteiger partial charge in [0, 0.05) is 0 Å². The molecule has 0 atom stereocenters. The second-order valence-electron chi connectivity index (χ2n) is 7.31. The normalized spacial score (nSPS) is 10.7. The number of ether oxygens (including phenoxy) is 3. The Balaban J connectivity index is 1.74. The van der Waals surface area contributed by atoms with Gasteiger partial charge in [-0.25, -0.2) is 4.79 Å². The highest BCUT2D eigenvalue weighted by Crippen LogP contribution is 2.34. The maximum atomic E-state index is 11.4. The molecule has 6 heteroatoms. The molecule has 0 unspecified atom stereocenters. The van der Waals surface area contributed by atoms with Gasteiger partial charge in [-0.05, 0) is 71.1 Å². The molecule has 3 aromatic rings. The topological polar surface area (TPSA) is 85.2 Å². The fraction of sp³-hybridized carbons (Fsp3) is 0.240. The van der Waals surface area contributed by atoms with E-state index in [9.17, 15) is 15.0 Å². The van der Waals surface area contributed by atoms with E-state index >= 15 is 0 Å². The monoisotopic (exact) mass is 422 g/mol. The van der Waals surface area contributed by atoms with Crippen molar-refractivity contribution in [3.8, 4) is 34.1 Å². The molecule has 0 fully saturated rings. The van der Waals surface area contributed by atoms with Crippen LogP contribution in [0.1, 0.15) is 35.7 Å². The second kappa shape index (κ2) is 9.89. The average Bonchev–Trinajstić information content (AvgIpc) is 2.77. The van der Waals surface area contributed by atoms with Gasteiger partial charge in [0.2, 0.25) is 0 Å². The molecule has 162 valence electrons. The number of carboxylic acids is 1. The Morgan fingerprint density at radius 3 is 2.10 bits per heavy atom. The molecule has 3 aromatic carbocycles. The summed E-state index contributed by atoms with van der Waals surface area (Å²) in [5.41, 5.74) is 2.50. The Bertz CT molecular complexity index is 1040. The zero-order valence-electron chi connectivity index (χ0n) is 17.8. The second-order valence-corrected chi connectivity index (χ2v) is 7.31. The van der Waals surface area contributed by atoms with Crippen molar-refractivity contribution in [2.75, 3.05) is 20.3 Å².